The van der Waals surface area contributed by atoms with E-state index in [9.17, 15) is 0 Å². The van der Waals surface area contributed by atoms with Crippen LogP contribution in [-0.2, 0) is 4.74 Å². The maximum absolute atomic E-state index is 5.06. The number of nitrogens with one attached hydrogen (secondary N) is 1. The van der Waals surface area contributed by atoms with Gasteiger partial charge in [0.1, 0.15) is 0 Å². The van der Waals surface area contributed by atoms with Gasteiger partial charge in [0.2, 0.25) is 0 Å². The zero-order chi connectivity index (χ0) is 13.4. The molecule has 1 heterocycles. The normalized spacial score (nSPS) is 22.8. The minimum atomic E-state index is 0.594. The molecule has 1 N–H and O–H groups in total. The molecule has 0 saturated carbocycles. The fraction of sp³-hybridized carbons (Fsp3) is 0.923. The Balaban J connectivity index is 2.25. The van der Waals surface area contributed by atoms with Gasteiger partial charge in [0.05, 0.1) is 13.2 Å². The molecule has 0 amide bonds. The summed E-state index contributed by atoms with van der Waals surface area (Å²) >= 11 is 1.85. The first-order chi connectivity index (χ1) is 8.63. The molecule has 106 valence electrons. The summed E-state index contributed by atoms with van der Waals surface area (Å²) in [6.45, 7) is 8.14. The molecule has 1 aliphatic rings. The lowest BCUT2D eigenvalue weighted by molar-refractivity contribution is 0.163. The highest BCUT2D eigenvalue weighted by atomic mass is 32.2. The van der Waals surface area contributed by atoms with Crippen molar-refractivity contribution in [1.82, 2.24) is 10.2 Å². The van der Waals surface area contributed by atoms with Crippen LogP contribution in [0.2, 0.25) is 0 Å². The summed E-state index contributed by atoms with van der Waals surface area (Å²) in [7, 11) is 3.85. The minimum Gasteiger partial charge on any atom is -0.383 e. The maximum Gasteiger partial charge on any atom is 0.156 e. The van der Waals surface area contributed by atoms with Crippen LogP contribution in [0, 0.1) is 5.92 Å². The Bertz CT molecular complexity index is 259. The molecule has 0 aromatic carbocycles. The summed E-state index contributed by atoms with van der Waals surface area (Å²) in [5.41, 5.74) is 0. The van der Waals surface area contributed by atoms with Crippen molar-refractivity contribution in [2.75, 3.05) is 46.2 Å². The average molecular weight is 273 g/mol. The molecular weight excluding hydrogens is 246 g/mol. The van der Waals surface area contributed by atoms with Crippen LogP contribution in [0.5, 0.6) is 0 Å². The maximum atomic E-state index is 5.06. The highest BCUT2D eigenvalue weighted by Gasteiger charge is 2.19. The second-order valence-electron chi connectivity index (χ2n) is 5.11. The smallest absolute Gasteiger partial charge is 0.156 e. The summed E-state index contributed by atoms with van der Waals surface area (Å²) in [5, 5.41) is 4.66. The number of likely N-dealkylation sites (N-methyl/N-ethyl adjacent to an activating group) is 1. The first-order valence-corrected chi connectivity index (χ1v) is 7.73. The molecule has 5 heteroatoms. The number of hydrogen-bond acceptors (Lipinski definition) is 4. The average Bonchev–Trinajstić information content (AvgIpc) is 2.36. The van der Waals surface area contributed by atoms with Crippen LogP contribution in [0.1, 0.15) is 20.3 Å². The summed E-state index contributed by atoms with van der Waals surface area (Å²) in [6, 6.07) is 0.594. The monoisotopic (exact) mass is 273 g/mol. The Kier molecular flexibility index (Phi) is 7.70. The van der Waals surface area contributed by atoms with Gasteiger partial charge in [0, 0.05) is 32.0 Å². The molecule has 0 spiro atoms. The highest BCUT2D eigenvalue weighted by molar-refractivity contribution is 8.13. The van der Waals surface area contributed by atoms with Crippen LogP contribution < -0.4 is 5.32 Å². The number of ether oxygens (including phenoxy) is 1. The van der Waals surface area contributed by atoms with Crippen molar-refractivity contribution in [2.45, 2.75) is 26.3 Å². The minimum absolute atomic E-state index is 0.594. The fourth-order valence-corrected chi connectivity index (χ4v) is 2.81. The number of thioether (sulfide) groups is 1. The van der Waals surface area contributed by atoms with Gasteiger partial charge in [-0.2, -0.15) is 0 Å². The molecule has 4 nitrogen and oxygen atoms in total. The summed E-state index contributed by atoms with van der Waals surface area (Å²) in [5.74, 6) is 1.87. The lowest BCUT2D eigenvalue weighted by Crippen LogP contribution is -2.41. The SMILES string of the molecule is COCCN(C)CCN=C1NC(C(C)C)CCS1. The van der Waals surface area contributed by atoms with Crippen molar-refractivity contribution in [2.24, 2.45) is 10.9 Å². The fourth-order valence-electron chi connectivity index (χ4n) is 1.83. The molecule has 1 saturated heterocycles. The lowest BCUT2D eigenvalue weighted by atomic mass is 10.0. The van der Waals surface area contributed by atoms with Gasteiger partial charge in [-0.15, -0.1) is 0 Å². The van der Waals surface area contributed by atoms with Crippen molar-refractivity contribution in [3.63, 3.8) is 0 Å². The molecule has 0 bridgehead atoms. The Morgan fingerprint density at radius 1 is 1.50 bits per heavy atom. The molecule has 0 aliphatic carbocycles. The predicted molar refractivity (Wildman–Crippen MR) is 80.5 cm³/mol. The molecular formula is C13H27N3OS. The van der Waals surface area contributed by atoms with Gasteiger partial charge >= 0.3 is 0 Å². The zero-order valence-corrected chi connectivity index (χ0v) is 12.9. The van der Waals surface area contributed by atoms with Crippen LogP contribution in [0.15, 0.2) is 4.99 Å². The van der Waals surface area contributed by atoms with Crippen LogP contribution >= 0.6 is 11.8 Å². The van der Waals surface area contributed by atoms with Crippen molar-refractivity contribution < 1.29 is 4.74 Å². The third-order valence-corrected chi connectivity index (χ3v) is 4.16. The summed E-state index contributed by atoms with van der Waals surface area (Å²) in [4.78, 5) is 6.90. The quantitative estimate of drug-likeness (QED) is 0.765. The van der Waals surface area contributed by atoms with Crippen LogP contribution in [-0.4, -0.2) is 62.3 Å². The first-order valence-electron chi connectivity index (χ1n) is 6.74. The Morgan fingerprint density at radius 3 is 2.94 bits per heavy atom. The van der Waals surface area contributed by atoms with E-state index in [0.717, 1.165) is 31.4 Å². The van der Waals surface area contributed by atoms with Gasteiger partial charge in [-0.05, 0) is 19.4 Å². The Labute approximate surface area is 116 Å². The van der Waals surface area contributed by atoms with Gasteiger partial charge < -0.3 is 15.0 Å². The largest absolute Gasteiger partial charge is 0.383 e. The molecule has 0 aromatic rings. The standard InChI is InChI=1S/C13H27N3OS/c1-11(2)12-5-10-18-13(15-12)14-6-7-16(3)8-9-17-4/h11-12H,5-10H2,1-4H3,(H,14,15). The van der Waals surface area contributed by atoms with Gasteiger partial charge in [-0.25, -0.2) is 0 Å². The summed E-state index contributed by atoms with van der Waals surface area (Å²) < 4.78 is 5.06. The second-order valence-corrected chi connectivity index (χ2v) is 6.20. The van der Waals surface area contributed by atoms with E-state index in [1.54, 1.807) is 7.11 Å². The van der Waals surface area contributed by atoms with Crippen LogP contribution in [0.4, 0.5) is 0 Å². The highest BCUT2D eigenvalue weighted by Crippen LogP contribution is 2.18. The molecule has 1 fully saturated rings. The number of nitrogens with zero attached hydrogens (tertiary/aromatic N) is 2. The van der Waals surface area contributed by atoms with Gasteiger partial charge in [0.25, 0.3) is 0 Å². The van der Waals surface area contributed by atoms with Crippen molar-refractivity contribution in [3.05, 3.63) is 0 Å². The van der Waals surface area contributed by atoms with Gasteiger partial charge in [-0.1, -0.05) is 25.6 Å². The number of rotatable bonds is 7. The zero-order valence-electron chi connectivity index (χ0n) is 12.1. The van der Waals surface area contributed by atoms with Gasteiger partial charge in [-0.3, -0.25) is 4.99 Å². The van der Waals surface area contributed by atoms with E-state index in [-0.39, 0.29) is 0 Å². The second kappa shape index (κ2) is 8.77. The predicted octanol–water partition coefficient (Wildman–Crippen LogP) is 1.67. The number of amidine groups is 1. The van der Waals surface area contributed by atoms with E-state index in [4.69, 9.17) is 4.74 Å². The molecule has 0 aromatic heterocycles. The van der Waals surface area contributed by atoms with E-state index in [1.807, 2.05) is 11.8 Å². The van der Waals surface area contributed by atoms with Crippen LogP contribution in [0.3, 0.4) is 0 Å². The van der Waals surface area contributed by atoms with Crippen molar-refractivity contribution >= 4 is 16.9 Å². The number of methoxy groups -OCH3 is 1. The first kappa shape index (κ1) is 15.8. The third-order valence-electron chi connectivity index (χ3n) is 3.20. The number of aliphatic imine (C=N–C) groups is 1. The Morgan fingerprint density at radius 2 is 2.28 bits per heavy atom. The number of hydrogen-bond donors (Lipinski definition) is 1. The molecule has 1 aliphatic heterocycles. The molecule has 1 atom stereocenters. The van der Waals surface area contributed by atoms with E-state index < -0.39 is 0 Å². The van der Waals surface area contributed by atoms with Crippen LogP contribution in [0.25, 0.3) is 0 Å². The topological polar surface area (TPSA) is 36.9 Å². The third kappa shape index (κ3) is 6.07. The van der Waals surface area contributed by atoms with Crippen molar-refractivity contribution in [3.8, 4) is 0 Å². The molecule has 18 heavy (non-hydrogen) atoms. The molecule has 1 rings (SSSR count). The van der Waals surface area contributed by atoms with E-state index >= 15 is 0 Å². The van der Waals surface area contributed by atoms with E-state index in [2.05, 4.69) is 36.1 Å². The van der Waals surface area contributed by atoms with E-state index in [0.29, 0.717) is 12.0 Å². The summed E-state index contributed by atoms with van der Waals surface area (Å²) in [6.07, 6.45) is 1.25. The molecule has 0 radical (unpaired) electrons. The Hall–Kier alpha value is -0.260. The van der Waals surface area contributed by atoms with E-state index in [1.165, 1.54) is 12.2 Å². The van der Waals surface area contributed by atoms with Crippen molar-refractivity contribution in [1.29, 1.82) is 0 Å². The molecule has 1 unspecified atom stereocenters. The lowest BCUT2D eigenvalue weighted by Gasteiger charge is -2.28. The van der Waals surface area contributed by atoms with Gasteiger partial charge in [0.15, 0.2) is 5.17 Å².